The summed E-state index contributed by atoms with van der Waals surface area (Å²) >= 11 is 0. The van der Waals surface area contributed by atoms with Gasteiger partial charge in [0, 0.05) is 11.5 Å². The van der Waals surface area contributed by atoms with E-state index in [1.807, 2.05) is 43.3 Å². The number of hydrogen-bond acceptors (Lipinski definition) is 10. The van der Waals surface area contributed by atoms with Crippen LogP contribution in [0.5, 0.6) is 11.5 Å². The summed E-state index contributed by atoms with van der Waals surface area (Å²) in [6.45, 7) is 10.6. The van der Waals surface area contributed by atoms with E-state index in [9.17, 15) is 19.2 Å². The number of esters is 4. The summed E-state index contributed by atoms with van der Waals surface area (Å²) in [5, 5.41) is 0. The van der Waals surface area contributed by atoms with E-state index in [4.69, 9.17) is 28.4 Å². The zero-order valence-electron chi connectivity index (χ0n) is 28.2. The Kier molecular flexibility index (Phi) is 11.6. The van der Waals surface area contributed by atoms with Crippen molar-refractivity contribution in [3.8, 4) is 22.6 Å². The normalized spacial score (nSPS) is 12.3. The Bertz CT molecular complexity index is 1870. The molecular formula is C40H38O10. The minimum absolute atomic E-state index is 0.0397. The largest absolute Gasteiger partial charge is 0.460 e. The predicted molar refractivity (Wildman–Crippen MR) is 185 cm³/mol. The van der Waals surface area contributed by atoms with Crippen LogP contribution in [0.3, 0.4) is 0 Å². The lowest BCUT2D eigenvalue weighted by atomic mass is 9.82. The van der Waals surface area contributed by atoms with E-state index in [2.05, 4.69) is 20.4 Å². The number of benzene rings is 4. The second-order valence-corrected chi connectivity index (χ2v) is 12.0. The SMILES string of the molecule is C=CC(=O)OCCOCCOCCOC(=O)c1ccc(C(=O)Oc2ccc3c(c2)C(C)(C)c2cc(OC(=O)c4ccc(C)cc4)ccc2-3)cc1. The third kappa shape index (κ3) is 8.71. The molecule has 1 aliphatic carbocycles. The van der Waals surface area contributed by atoms with Crippen molar-refractivity contribution in [2.24, 2.45) is 0 Å². The highest BCUT2D eigenvalue weighted by Gasteiger charge is 2.36. The lowest BCUT2D eigenvalue weighted by Gasteiger charge is -2.22. The molecular weight excluding hydrogens is 640 g/mol. The van der Waals surface area contributed by atoms with Crippen LogP contribution in [0.4, 0.5) is 0 Å². The number of fused-ring (bicyclic) bond motifs is 3. The summed E-state index contributed by atoms with van der Waals surface area (Å²) in [6, 6.07) is 24.4. The first-order valence-corrected chi connectivity index (χ1v) is 16.1. The standard InChI is InChI=1S/C40H38O10/c1-5-36(41)47-22-20-45-18-19-46-21-23-48-37(42)27-10-12-29(13-11-27)39(44)50-31-15-17-33-32-16-14-30(24-34(32)40(3,4)35(33)25-31)49-38(43)28-8-6-26(2)7-9-28/h5-17,24-25H,1,18-23H2,2-4H3. The molecule has 0 radical (unpaired) electrons. The van der Waals surface area contributed by atoms with Crippen LogP contribution >= 0.6 is 0 Å². The van der Waals surface area contributed by atoms with Crippen molar-refractivity contribution < 1.29 is 47.6 Å². The zero-order valence-corrected chi connectivity index (χ0v) is 28.2. The molecule has 0 heterocycles. The molecule has 0 aliphatic heterocycles. The summed E-state index contributed by atoms with van der Waals surface area (Å²) in [6.07, 6.45) is 1.08. The van der Waals surface area contributed by atoms with E-state index < -0.39 is 29.3 Å². The van der Waals surface area contributed by atoms with Gasteiger partial charge in [-0.25, -0.2) is 19.2 Å². The highest BCUT2D eigenvalue weighted by atomic mass is 16.6. The number of aryl methyl sites for hydroxylation is 1. The first-order chi connectivity index (χ1) is 24.1. The number of ether oxygens (including phenoxy) is 6. The molecule has 4 aromatic carbocycles. The predicted octanol–water partition coefficient (Wildman–Crippen LogP) is 6.66. The average molecular weight is 679 g/mol. The zero-order chi connectivity index (χ0) is 35.7. The minimum atomic E-state index is -0.571. The molecule has 0 fully saturated rings. The van der Waals surface area contributed by atoms with Gasteiger partial charge in [0.05, 0.1) is 43.1 Å². The van der Waals surface area contributed by atoms with Gasteiger partial charge in [-0.15, -0.1) is 0 Å². The van der Waals surface area contributed by atoms with Crippen LogP contribution < -0.4 is 9.47 Å². The molecule has 0 spiro atoms. The summed E-state index contributed by atoms with van der Waals surface area (Å²) < 4.78 is 32.1. The molecule has 4 aromatic rings. The molecule has 0 aromatic heterocycles. The first-order valence-electron chi connectivity index (χ1n) is 16.1. The van der Waals surface area contributed by atoms with Gasteiger partial charge in [-0.2, -0.15) is 0 Å². The average Bonchev–Trinajstić information content (AvgIpc) is 3.34. The molecule has 0 bridgehead atoms. The Hall–Kier alpha value is -5.58. The van der Waals surface area contributed by atoms with Crippen LogP contribution in [0, 0.1) is 6.92 Å². The molecule has 0 atom stereocenters. The van der Waals surface area contributed by atoms with Crippen molar-refractivity contribution >= 4 is 23.9 Å². The lowest BCUT2D eigenvalue weighted by molar-refractivity contribution is -0.139. The van der Waals surface area contributed by atoms with Crippen molar-refractivity contribution in [3.05, 3.63) is 131 Å². The van der Waals surface area contributed by atoms with Gasteiger partial charge in [0.15, 0.2) is 0 Å². The summed E-state index contributed by atoms with van der Waals surface area (Å²) in [5.41, 5.74) is 5.62. The van der Waals surface area contributed by atoms with Crippen molar-refractivity contribution in [2.45, 2.75) is 26.2 Å². The third-order valence-corrected chi connectivity index (χ3v) is 8.16. The number of carbonyl (C=O) groups excluding carboxylic acids is 4. The fraction of sp³-hybridized carbons (Fsp3) is 0.250. The van der Waals surface area contributed by atoms with Crippen molar-refractivity contribution in [1.82, 2.24) is 0 Å². The molecule has 10 heteroatoms. The van der Waals surface area contributed by atoms with Gasteiger partial charge in [0.2, 0.25) is 0 Å². The fourth-order valence-corrected chi connectivity index (χ4v) is 5.45. The van der Waals surface area contributed by atoms with Crippen LogP contribution in [0.15, 0.2) is 97.6 Å². The van der Waals surface area contributed by atoms with Crippen molar-refractivity contribution in [2.75, 3.05) is 39.6 Å². The number of hydrogen-bond donors (Lipinski definition) is 0. The van der Waals surface area contributed by atoms with E-state index in [1.165, 1.54) is 24.3 Å². The van der Waals surface area contributed by atoms with Gasteiger partial charge in [-0.05, 0) is 89.8 Å². The topological polar surface area (TPSA) is 124 Å². The molecule has 258 valence electrons. The van der Waals surface area contributed by atoms with E-state index in [-0.39, 0.29) is 44.2 Å². The lowest BCUT2D eigenvalue weighted by Crippen LogP contribution is -2.16. The third-order valence-electron chi connectivity index (χ3n) is 8.16. The van der Waals surface area contributed by atoms with Crippen molar-refractivity contribution in [3.63, 3.8) is 0 Å². The Morgan fingerprint density at radius 2 is 1.00 bits per heavy atom. The van der Waals surface area contributed by atoms with Crippen LogP contribution in [0.2, 0.25) is 0 Å². The van der Waals surface area contributed by atoms with Crippen LogP contribution in [0.1, 0.15) is 61.6 Å². The Balaban J connectivity index is 1.10. The molecule has 50 heavy (non-hydrogen) atoms. The van der Waals surface area contributed by atoms with E-state index in [0.29, 0.717) is 23.7 Å². The summed E-state index contributed by atoms with van der Waals surface area (Å²) in [5.74, 6) is -1.23. The van der Waals surface area contributed by atoms with Crippen molar-refractivity contribution in [1.29, 1.82) is 0 Å². The molecule has 1 aliphatic rings. The van der Waals surface area contributed by atoms with Gasteiger partial charge in [-0.3, -0.25) is 0 Å². The molecule has 0 saturated carbocycles. The smallest absolute Gasteiger partial charge is 0.343 e. The fourth-order valence-electron chi connectivity index (χ4n) is 5.45. The highest BCUT2D eigenvalue weighted by Crippen LogP contribution is 2.50. The highest BCUT2D eigenvalue weighted by molar-refractivity contribution is 5.94. The Morgan fingerprint density at radius 1 is 0.580 bits per heavy atom. The maximum Gasteiger partial charge on any atom is 0.343 e. The maximum atomic E-state index is 13.0. The van der Waals surface area contributed by atoms with Crippen LogP contribution in [-0.4, -0.2) is 63.5 Å². The molecule has 0 unspecified atom stereocenters. The second kappa shape index (κ2) is 16.2. The van der Waals surface area contributed by atoms with Crippen LogP contribution in [0.25, 0.3) is 11.1 Å². The van der Waals surface area contributed by atoms with E-state index in [0.717, 1.165) is 33.9 Å². The van der Waals surface area contributed by atoms with Gasteiger partial charge in [0.25, 0.3) is 0 Å². The van der Waals surface area contributed by atoms with Crippen LogP contribution in [-0.2, 0) is 29.2 Å². The summed E-state index contributed by atoms with van der Waals surface area (Å²) in [4.78, 5) is 49.1. The molecule has 5 rings (SSSR count). The molecule has 10 nitrogen and oxygen atoms in total. The number of rotatable bonds is 15. The quantitative estimate of drug-likeness (QED) is 0.0584. The van der Waals surface area contributed by atoms with Gasteiger partial charge in [-0.1, -0.05) is 50.3 Å². The molecule has 0 N–H and O–H groups in total. The van der Waals surface area contributed by atoms with E-state index in [1.54, 1.807) is 24.3 Å². The maximum absolute atomic E-state index is 13.0. The van der Waals surface area contributed by atoms with Gasteiger partial charge in [0.1, 0.15) is 24.7 Å². The molecule has 0 amide bonds. The minimum Gasteiger partial charge on any atom is -0.460 e. The Labute approximate surface area is 290 Å². The first kappa shape index (κ1) is 35.7. The second-order valence-electron chi connectivity index (χ2n) is 12.0. The number of carbonyl (C=O) groups is 4. The monoisotopic (exact) mass is 678 g/mol. The van der Waals surface area contributed by atoms with E-state index >= 15 is 0 Å². The van der Waals surface area contributed by atoms with Gasteiger partial charge >= 0.3 is 23.9 Å². The summed E-state index contributed by atoms with van der Waals surface area (Å²) in [7, 11) is 0. The Morgan fingerprint density at radius 3 is 1.48 bits per heavy atom. The van der Waals surface area contributed by atoms with Gasteiger partial charge < -0.3 is 28.4 Å². The molecule has 0 saturated heterocycles.